The van der Waals surface area contributed by atoms with Crippen LogP contribution in [0.15, 0.2) is 71.5 Å². The van der Waals surface area contributed by atoms with E-state index in [1.807, 2.05) is 30.3 Å². The predicted molar refractivity (Wildman–Crippen MR) is 103 cm³/mol. The first kappa shape index (κ1) is 21.1. The summed E-state index contributed by atoms with van der Waals surface area (Å²) in [7, 11) is 0. The number of halogens is 3. The highest BCUT2D eigenvalue weighted by molar-refractivity contribution is 5.91. The Balaban J connectivity index is 1.59. The predicted octanol–water partition coefficient (Wildman–Crippen LogP) is 3.16. The van der Waals surface area contributed by atoms with Gasteiger partial charge in [-0.3, -0.25) is 9.59 Å². The molecule has 3 rings (SSSR count). The number of rotatable bonds is 7. The quantitative estimate of drug-likeness (QED) is 0.641. The average Bonchev–Trinajstić information content (AvgIpc) is 2.73. The van der Waals surface area contributed by atoms with Crippen LogP contribution < -0.4 is 15.6 Å². The van der Waals surface area contributed by atoms with Gasteiger partial charge in [-0.25, -0.2) is 4.68 Å². The van der Waals surface area contributed by atoms with Crippen LogP contribution >= 0.6 is 0 Å². The van der Waals surface area contributed by atoms with Gasteiger partial charge in [-0.2, -0.15) is 18.3 Å². The fraction of sp³-hybridized carbons (Fsp3) is 0.190. The van der Waals surface area contributed by atoms with E-state index in [4.69, 9.17) is 0 Å². The van der Waals surface area contributed by atoms with Gasteiger partial charge in [0.05, 0.1) is 6.54 Å². The zero-order valence-electron chi connectivity index (χ0n) is 15.7. The van der Waals surface area contributed by atoms with Gasteiger partial charge in [-0.05, 0) is 29.3 Å². The number of amides is 1. The number of ether oxygens (including phenoxy) is 1. The molecule has 0 fully saturated rings. The van der Waals surface area contributed by atoms with E-state index in [0.29, 0.717) is 5.56 Å². The van der Waals surface area contributed by atoms with Crippen molar-refractivity contribution in [2.75, 3.05) is 6.61 Å². The van der Waals surface area contributed by atoms with Crippen molar-refractivity contribution in [3.63, 3.8) is 0 Å². The standard InChI is InChI=1S/C21H18F3N3O3/c22-21(23,24)14-30-17-8-6-15(7-9-17)12-25-20(29)18-10-11-19(28)27(26-18)13-16-4-2-1-3-5-16/h1-11H,12-14H2,(H,25,29). The zero-order chi connectivity index (χ0) is 21.6. The van der Waals surface area contributed by atoms with E-state index >= 15 is 0 Å². The summed E-state index contributed by atoms with van der Waals surface area (Å²) >= 11 is 0. The van der Waals surface area contributed by atoms with Crippen LogP contribution in [0, 0.1) is 0 Å². The van der Waals surface area contributed by atoms with Crippen molar-refractivity contribution in [3.05, 3.63) is 93.9 Å². The fourth-order valence-corrected chi connectivity index (χ4v) is 2.58. The topological polar surface area (TPSA) is 73.2 Å². The molecular weight excluding hydrogens is 399 g/mol. The molecule has 0 saturated carbocycles. The molecule has 0 saturated heterocycles. The second-order valence-electron chi connectivity index (χ2n) is 6.43. The maximum absolute atomic E-state index is 12.4. The van der Waals surface area contributed by atoms with E-state index in [1.165, 1.54) is 28.9 Å². The van der Waals surface area contributed by atoms with Crippen molar-refractivity contribution >= 4 is 5.91 Å². The number of carbonyl (C=O) groups is 1. The van der Waals surface area contributed by atoms with Crippen LogP contribution in [-0.4, -0.2) is 28.5 Å². The zero-order valence-corrected chi connectivity index (χ0v) is 15.7. The summed E-state index contributed by atoms with van der Waals surface area (Å²) < 4.78 is 42.3. The number of nitrogens with zero attached hydrogens (tertiary/aromatic N) is 2. The minimum Gasteiger partial charge on any atom is -0.484 e. The van der Waals surface area contributed by atoms with Crippen LogP contribution in [0.2, 0.25) is 0 Å². The van der Waals surface area contributed by atoms with Crippen molar-refractivity contribution in [3.8, 4) is 5.75 Å². The molecular formula is C21H18F3N3O3. The molecule has 0 radical (unpaired) electrons. The fourth-order valence-electron chi connectivity index (χ4n) is 2.58. The van der Waals surface area contributed by atoms with Crippen molar-refractivity contribution in [1.82, 2.24) is 15.1 Å². The van der Waals surface area contributed by atoms with E-state index < -0.39 is 18.7 Å². The molecule has 0 bridgehead atoms. The molecule has 0 aliphatic carbocycles. The van der Waals surface area contributed by atoms with E-state index in [-0.39, 0.29) is 30.1 Å². The summed E-state index contributed by atoms with van der Waals surface area (Å²) in [4.78, 5) is 24.4. The largest absolute Gasteiger partial charge is 0.484 e. The summed E-state index contributed by atoms with van der Waals surface area (Å²) in [5.41, 5.74) is 1.29. The Bertz CT molecular complexity index is 1050. The molecule has 1 heterocycles. The van der Waals surface area contributed by atoms with Gasteiger partial charge in [-0.1, -0.05) is 42.5 Å². The monoisotopic (exact) mass is 417 g/mol. The van der Waals surface area contributed by atoms with E-state index in [9.17, 15) is 22.8 Å². The van der Waals surface area contributed by atoms with Crippen molar-refractivity contribution in [2.45, 2.75) is 19.3 Å². The third kappa shape index (κ3) is 6.20. The Labute approximate surface area is 169 Å². The lowest BCUT2D eigenvalue weighted by Gasteiger charge is -2.10. The molecule has 0 aliphatic rings. The van der Waals surface area contributed by atoms with Crippen LogP contribution in [0.1, 0.15) is 21.6 Å². The molecule has 6 nitrogen and oxygen atoms in total. The lowest BCUT2D eigenvalue weighted by atomic mass is 10.2. The summed E-state index contributed by atoms with van der Waals surface area (Å²) in [6.45, 7) is -0.995. The average molecular weight is 417 g/mol. The minimum absolute atomic E-state index is 0.0793. The summed E-state index contributed by atoms with van der Waals surface area (Å²) in [6, 6.07) is 17.8. The van der Waals surface area contributed by atoms with Gasteiger partial charge >= 0.3 is 6.18 Å². The number of aromatic nitrogens is 2. The highest BCUT2D eigenvalue weighted by Crippen LogP contribution is 2.18. The lowest BCUT2D eigenvalue weighted by molar-refractivity contribution is -0.153. The van der Waals surface area contributed by atoms with E-state index in [1.54, 1.807) is 12.1 Å². The first-order valence-electron chi connectivity index (χ1n) is 8.99. The first-order chi connectivity index (χ1) is 14.3. The molecule has 1 amide bonds. The van der Waals surface area contributed by atoms with Crippen LogP contribution in [0.25, 0.3) is 0 Å². The summed E-state index contributed by atoms with van der Waals surface area (Å²) in [5, 5.41) is 6.77. The molecule has 1 aromatic heterocycles. The number of nitrogens with one attached hydrogen (secondary N) is 1. The Morgan fingerprint density at radius 2 is 1.67 bits per heavy atom. The van der Waals surface area contributed by atoms with Crippen LogP contribution in [0.5, 0.6) is 5.75 Å². The van der Waals surface area contributed by atoms with Gasteiger partial charge in [0, 0.05) is 12.6 Å². The molecule has 0 atom stereocenters. The number of benzene rings is 2. The molecule has 2 aromatic carbocycles. The molecule has 1 N–H and O–H groups in total. The molecule has 30 heavy (non-hydrogen) atoms. The molecule has 9 heteroatoms. The minimum atomic E-state index is -4.41. The molecule has 0 unspecified atom stereocenters. The van der Waals surface area contributed by atoms with Gasteiger partial charge in [0.2, 0.25) is 0 Å². The summed E-state index contributed by atoms with van der Waals surface area (Å²) in [6.07, 6.45) is -4.41. The Morgan fingerprint density at radius 3 is 2.33 bits per heavy atom. The number of alkyl halides is 3. The number of carbonyl (C=O) groups excluding carboxylic acids is 1. The SMILES string of the molecule is O=C(NCc1ccc(OCC(F)(F)F)cc1)c1ccc(=O)n(Cc2ccccc2)n1. The van der Waals surface area contributed by atoms with Crippen molar-refractivity contribution < 1.29 is 22.7 Å². The highest BCUT2D eigenvalue weighted by atomic mass is 19.4. The lowest BCUT2D eigenvalue weighted by Crippen LogP contribution is -2.29. The second kappa shape index (κ2) is 9.25. The second-order valence-corrected chi connectivity index (χ2v) is 6.43. The molecule has 3 aromatic rings. The first-order valence-corrected chi connectivity index (χ1v) is 8.99. The van der Waals surface area contributed by atoms with Crippen LogP contribution in [0.3, 0.4) is 0 Å². The molecule has 156 valence electrons. The Morgan fingerprint density at radius 1 is 0.967 bits per heavy atom. The smallest absolute Gasteiger partial charge is 0.422 e. The maximum Gasteiger partial charge on any atom is 0.422 e. The Hall–Kier alpha value is -3.62. The van der Waals surface area contributed by atoms with E-state index in [2.05, 4.69) is 15.2 Å². The van der Waals surface area contributed by atoms with Crippen molar-refractivity contribution in [1.29, 1.82) is 0 Å². The third-order valence-corrected chi connectivity index (χ3v) is 4.05. The maximum atomic E-state index is 12.4. The highest BCUT2D eigenvalue weighted by Gasteiger charge is 2.28. The normalized spacial score (nSPS) is 11.2. The van der Waals surface area contributed by atoms with Gasteiger partial charge in [0.1, 0.15) is 11.4 Å². The van der Waals surface area contributed by atoms with Gasteiger partial charge in [-0.15, -0.1) is 0 Å². The van der Waals surface area contributed by atoms with E-state index in [0.717, 1.165) is 5.56 Å². The Kier molecular flexibility index (Phi) is 6.51. The summed E-state index contributed by atoms with van der Waals surface area (Å²) in [5.74, 6) is -0.397. The molecule has 0 aliphatic heterocycles. The van der Waals surface area contributed by atoms with Crippen LogP contribution in [0.4, 0.5) is 13.2 Å². The molecule has 0 spiro atoms. The number of hydrogen-bond donors (Lipinski definition) is 1. The van der Waals surface area contributed by atoms with Crippen molar-refractivity contribution in [2.24, 2.45) is 0 Å². The van der Waals surface area contributed by atoms with Gasteiger partial charge < -0.3 is 10.1 Å². The van der Waals surface area contributed by atoms with Gasteiger partial charge in [0.15, 0.2) is 6.61 Å². The van der Waals surface area contributed by atoms with Gasteiger partial charge in [0.25, 0.3) is 11.5 Å². The van der Waals surface area contributed by atoms with Crippen LogP contribution in [-0.2, 0) is 13.1 Å². The number of hydrogen-bond acceptors (Lipinski definition) is 4. The third-order valence-electron chi connectivity index (χ3n) is 4.05.